The van der Waals surface area contributed by atoms with E-state index in [9.17, 15) is 4.79 Å². The molecule has 0 saturated carbocycles. The summed E-state index contributed by atoms with van der Waals surface area (Å²) in [4.78, 5) is 12.0. The average Bonchev–Trinajstić information content (AvgIpc) is 2.55. The van der Waals surface area contributed by atoms with Gasteiger partial charge in [0, 0.05) is 10.8 Å². The number of carbonyl (C=O) groups is 1. The molecule has 5 heteroatoms. The van der Waals surface area contributed by atoms with E-state index in [-0.39, 0.29) is 11.9 Å². The van der Waals surface area contributed by atoms with Crippen molar-refractivity contribution in [3.63, 3.8) is 0 Å². The van der Waals surface area contributed by atoms with Crippen LogP contribution in [0.1, 0.15) is 24.1 Å². The molecule has 0 bridgehead atoms. The summed E-state index contributed by atoms with van der Waals surface area (Å²) in [5.74, 6) is 2.05. The van der Waals surface area contributed by atoms with Crippen molar-refractivity contribution in [1.82, 2.24) is 5.32 Å². The van der Waals surface area contributed by atoms with Crippen LogP contribution in [0.2, 0.25) is 5.02 Å². The molecule has 1 N–H and O–H groups in total. The predicted octanol–water partition coefficient (Wildman–Crippen LogP) is 4.64. The quantitative estimate of drug-likeness (QED) is 0.694. The number of hydrogen-bond acceptors (Lipinski definition) is 3. The second kappa shape index (κ2) is 9.60. The largest absolute Gasteiger partial charge is 0.493 e. The first-order valence-electron chi connectivity index (χ1n) is 7.87. The highest BCUT2D eigenvalue weighted by Crippen LogP contribution is 2.22. The normalized spacial score (nSPS) is 11.8. The van der Waals surface area contributed by atoms with E-state index in [0.29, 0.717) is 17.4 Å². The van der Waals surface area contributed by atoms with Crippen LogP contribution in [0.25, 0.3) is 0 Å². The molecule has 2 aromatic carbocycles. The third kappa shape index (κ3) is 6.10. The van der Waals surface area contributed by atoms with Crippen molar-refractivity contribution in [1.29, 1.82) is 0 Å². The molecule has 0 fully saturated rings. The Labute approximate surface area is 152 Å². The summed E-state index contributed by atoms with van der Waals surface area (Å²) in [6, 6.07) is 15.4. The van der Waals surface area contributed by atoms with Crippen LogP contribution in [0, 0.1) is 6.92 Å². The van der Waals surface area contributed by atoms with Crippen molar-refractivity contribution in [3.05, 3.63) is 64.7 Å². The molecule has 1 unspecified atom stereocenters. The molecule has 2 aromatic rings. The maximum absolute atomic E-state index is 12.0. The molecule has 0 aliphatic rings. The summed E-state index contributed by atoms with van der Waals surface area (Å²) in [6.45, 7) is 4.55. The van der Waals surface area contributed by atoms with Crippen molar-refractivity contribution in [2.75, 3.05) is 18.1 Å². The fourth-order valence-corrected chi connectivity index (χ4v) is 3.19. The first kappa shape index (κ1) is 18.7. The number of ether oxygens (including phenoxy) is 1. The third-order valence-corrected chi connectivity index (χ3v) is 4.73. The number of rotatable bonds is 8. The summed E-state index contributed by atoms with van der Waals surface area (Å²) < 4.78 is 5.66. The molecule has 0 heterocycles. The fourth-order valence-electron chi connectivity index (χ4n) is 2.28. The van der Waals surface area contributed by atoms with E-state index in [1.54, 1.807) is 11.8 Å². The van der Waals surface area contributed by atoms with Crippen LogP contribution in [0.5, 0.6) is 5.75 Å². The first-order chi connectivity index (χ1) is 11.6. The van der Waals surface area contributed by atoms with E-state index >= 15 is 0 Å². The Bertz CT molecular complexity index is 678. The third-order valence-electron chi connectivity index (χ3n) is 3.47. The van der Waals surface area contributed by atoms with Gasteiger partial charge < -0.3 is 10.1 Å². The number of aryl methyl sites for hydroxylation is 1. The van der Waals surface area contributed by atoms with Crippen molar-refractivity contribution >= 4 is 29.3 Å². The van der Waals surface area contributed by atoms with Crippen molar-refractivity contribution in [3.8, 4) is 5.75 Å². The molecule has 1 amide bonds. The van der Waals surface area contributed by atoms with Crippen LogP contribution in [0.4, 0.5) is 0 Å². The van der Waals surface area contributed by atoms with Gasteiger partial charge in [-0.25, -0.2) is 0 Å². The van der Waals surface area contributed by atoms with Gasteiger partial charge in [-0.1, -0.05) is 41.9 Å². The summed E-state index contributed by atoms with van der Waals surface area (Å²) in [5, 5.41) is 3.64. The number of thioether (sulfide) groups is 1. The molecular weight excluding hydrogens is 342 g/mol. The van der Waals surface area contributed by atoms with Crippen molar-refractivity contribution in [2.24, 2.45) is 0 Å². The molecular formula is C19H22ClNO2S. The van der Waals surface area contributed by atoms with Gasteiger partial charge in [0.2, 0.25) is 5.91 Å². The van der Waals surface area contributed by atoms with Crippen molar-refractivity contribution in [2.45, 2.75) is 19.9 Å². The Morgan fingerprint density at radius 1 is 1.25 bits per heavy atom. The molecule has 0 aliphatic heterocycles. The summed E-state index contributed by atoms with van der Waals surface area (Å²) in [6.07, 6.45) is 0. The van der Waals surface area contributed by atoms with Gasteiger partial charge >= 0.3 is 0 Å². The molecule has 128 valence electrons. The highest BCUT2D eigenvalue weighted by atomic mass is 35.5. The average molecular weight is 364 g/mol. The minimum Gasteiger partial charge on any atom is -0.493 e. The zero-order chi connectivity index (χ0) is 17.4. The summed E-state index contributed by atoms with van der Waals surface area (Å²) in [7, 11) is 0. The molecule has 2 rings (SSSR count). The number of carbonyl (C=O) groups excluding carboxylic acids is 1. The fraction of sp³-hybridized carbons (Fsp3) is 0.316. The molecule has 0 saturated heterocycles. The van der Waals surface area contributed by atoms with Crippen LogP contribution in [-0.2, 0) is 4.79 Å². The summed E-state index contributed by atoms with van der Waals surface area (Å²) in [5.41, 5.74) is 2.10. The molecule has 0 radical (unpaired) electrons. The van der Waals surface area contributed by atoms with Gasteiger partial charge in [0.25, 0.3) is 0 Å². The van der Waals surface area contributed by atoms with E-state index in [0.717, 1.165) is 17.1 Å². The van der Waals surface area contributed by atoms with Gasteiger partial charge in [0.15, 0.2) is 0 Å². The maximum Gasteiger partial charge on any atom is 0.230 e. The van der Waals surface area contributed by atoms with Crippen LogP contribution < -0.4 is 10.1 Å². The van der Waals surface area contributed by atoms with E-state index in [1.165, 1.54) is 5.56 Å². The second-order valence-corrected chi connectivity index (χ2v) is 7.04. The van der Waals surface area contributed by atoms with Gasteiger partial charge in [0.1, 0.15) is 5.75 Å². The Hall–Kier alpha value is -1.65. The SMILES string of the molecule is Cc1cccc(OCCSCC(=O)NC(C)c2ccccc2Cl)c1. The number of halogens is 1. The lowest BCUT2D eigenvalue weighted by Crippen LogP contribution is -2.28. The Balaban J connectivity index is 1.65. The highest BCUT2D eigenvalue weighted by molar-refractivity contribution is 7.99. The molecule has 0 aromatic heterocycles. The molecule has 0 aliphatic carbocycles. The Kier molecular flexibility index (Phi) is 7.47. The number of benzene rings is 2. The maximum atomic E-state index is 12.0. The number of hydrogen-bond donors (Lipinski definition) is 1. The number of amides is 1. The Morgan fingerprint density at radius 3 is 2.79 bits per heavy atom. The second-order valence-electron chi connectivity index (χ2n) is 5.53. The van der Waals surface area contributed by atoms with Gasteiger partial charge in [-0.05, 0) is 43.2 Å². The van der Waals surface area contributed by atoms with Crippen molar-refractivity contribution < 1.29 is 9.53 Å². The first-order valence-corrected chi connectivity index (χ1v) is 9.40. The Morgan fingerprint density at radius 2 is 2.04 bits per heavy atom. The van der Waals surface area contributed by atoms with Crippen LogP contribution in [-0.4, -0.2) is 24.0 Å². The lowest BCUT2D eigenvalue weighted by molar-refractivity contribution is -0.119. The van der Waals surface area contributed by atoms with Gasteiger partial charge in [-0.2, -0.15) is 0 Å². The monoisotopic (exact) mass is 363 g/mol. The molecule has 1 atom stereocenters. The van der Waals surface area contributed by atoms with Gasteiger partial charge in [-0.3, -0.25) is 4.79 Å². The highest BCUT2D eigenvalue weighted by Gasteiger charge is 2.12. The topological polar surface area (TPSA) is 38.3 Å². The van der Waals surface area contributed by atoms with E-state index in [2.05, 4.69) is 5.32 Å². The lowest BCUT2D eigenvalue weighted by Gasteiger charge is -2.15. The molecule has 0 spiro atoms. The van der Waals surface area contributed by atoms with Crippen LogP contribution in [0.15, 0.2) is 48.5 Å². The molecule has 24 heavy (non-hydrogen) atoms. The summed E-state index contributed by atoms with van der Waals surface area (Å²) >= 11 is 7.70. The molecule has 3 nitrogen and oxygen atoms in total. The van der Waals surface area contributed by atoms with Crippen LogP contribution >= 0.6 is 23.4 Å². The van der Waals surface area contributed by atoms with Gasteiger partial charge in [0.05, 0.1) is 18.4 Å². The van der Waals surface area contributed by atoms with E-state index < -0.39 is 0 Å². The van der Waals surface area contributed by atoms with Crippen LogP contribution in [0.3, 0.4) is 0 Å². The van der Waals surface area contributed by atoms with E-state index in [1.807, 2.05) is 62.4 Å². The zero-order valence-corrected chi connectivity index (χ0v) is 15.5. The van der Waals surface area contributed by atoms with E-state index in [4.69, 9.17) is 16.3 Å². The minimum atomic E-state index is -0.102. The zero-order valence-electron chi connectivity index (χ0n) is 13.9. The minimum absolute atomic E-state index is 0.00275. The van der Waals surface area contributed by atoms with Gasteiger partial charge in [-0.15, -0.1) is 11.8 Å². The predicted molar refractivity (Wildman–Crippen MR) is 102 cm³/mol. The number of nitrogens with one attached hydrogen (secondary N) is 1. The lowest BCUT2D eigenvalue weighted by atomic mass is 10.1. The smallest absolute Gasteiger partial charge is 0.230 e. The standard InChI is InChI=1S/C19H22ClNO2S/c1-14-6-5-7-16(12-14)23-10-11-24-13-19(22)21-15(2)17-8-3-4-9-18(17)20/h3-9,12,15H,10-11,13H2,1-2H3,(H,21,22).